The van der Waals surface area contributed by atoms with E-state index in [-0.39, 0.29) is 5.01 Å². The van der Waals surface area contributed by atoms with Crippen LogP contribution in [-0.2, 0) is 4.43 Å². The Hall–Kier alpha value is 0.657. The van der Waals surface area contributed by atoms with Crippen molar-refractivity contribution in [1.29, 1.82) is 0 Å². The Morgan fingerprint density at radius 3 is 2.36 bits per heavy atom. The van der Waals surface area contributed by atoms with E-state index in [4.69, 9.17) is 4.43 Å². The van der Waals surface area contributed by atoms with Crippen LogP contribution in [0.3, 0.4) is 0 Å². The minimum Gasteiger partial charge on any atom is -0.405 e. The molecular weight excluding hydrogens is 220 g/mol. The summed E-state index contributed by atoms with van der Waals surface area (Å²) in [7, 11) is -1.33. The summed E-state index contributed by atoms with van der Waals surface area (Å²) in [5, 5.41) is 0.223. The minimum absolute atomic E-state index is 0.223. The minimum atomic E-state index is -1.33. The van der Waals surface area contributed by atoms with Gasteiger partial charge in [0.25, 0.3) is 0 Å². The lowest BCUT2D eigenvalue weighted by Gasteiger charge is -2.24. The Morgan fingerprint density at radius 1 is 1.45 bits per heavy atom. The van der Waals surface area contributed by atoms with Gasteiger partial charge in [0.05, 0.1) is 5.01 Å². The van der Waals surface area contributed by atoms with Gasteiger partial charge in [-0.3, -0.25) is 0 Å². The van der Waals surface area contributed by atoms with Crippen LogP contribution in [0.2, 0.25) is 19.1 Å². The van der Waals surface area contributed by atoms with Crippen molar-refractivity contribution in [3.63, 3.8) is 0 Å². The van der Waals surface area contributed by atoms with E-state index in [0.29, 0.717) is 0 Å². The maximum Gasteiger partial charge on any atom is 0.188 e. The molecule has 0 rings (SSSR count). The zero-order valence-corrected chi connectivity index (χ0v) is 10.6. The molecule has 3 heteroatoms. The van der Waals surface area contributed by atoms with Gasteiger partial charge in [0, 0.05) is 0 Å². The Bertz CT molecular complexity index is 104. The van der Waals surface area contributed by atoms with Crippen molar-refractivity contribution in [2.45, 2.75) is 50.8 Å². The second-order valence-corrected chi connectivity index (χ2v) is 9.07. The molecule has 1 nitrogen and oxygen atoms in total. The summed E-state index contributed by atoms with van der Waals surface area (Å²) in [4.78, 5) is 0. The van der Waals surface area contributed by atoms with E-state index in [1.165, 1.54) is 18.9 Å². The number of halogens is 1. The van der Waals surface area contributed by atoms with Gasteiger partial charge in [-0.15, -0.1) is 0 Å². The van der Waals surface area contributed by atoms with Crippen molar-refractivity contribution >= 4 is 24.2 Å². The summed E-state index contributed by atoms with van der Waals surface area (Å²) < 4.78 is 5.80. The van der Waals surface area contributed by atoms with Gasteiger partial charge >= 0.3 is 0 Å². The molecule has 0 bridgehead atoms. The molecular formula is C8H19BrOSi. The van der Waals surface area contributed by atoms with Gasteiger partial charge in [-0.1, -0.05) is 35.7 Å². The predicted molar refractivity (Wildman–Crippen MR) is 56.7 cm³/mol. The highest BCUT2D eigenvalue weighted by Gasteiger charge is 2.22. The molecule has 1 unspecified atom stereocenters. The molecule has 0 aliphatic carbocycles. The maximum atomic E-state index is 5.80. The topological polar surface area (TPSA) is 9.23 Å². The second kappa shape index (κ2) is 5.33. The molecule has 1 atom stereocenters. The summed E-state index contributed by atoms with van der Waals surface area (Å²) in [6.45, 7) is 8.82. The molecule has 0 N–H and O–H groups in total. The molecule has 68 valence electrons. The quantitative estimate of drug-likeness (QED) is 0.524. The molecule has 11 heavy (non-hydrogen) atoms. The first kappa shape index (κ1) is 11.7. The standard InChI is InChI=1S/C8H19BrOSi/c1-5-6-7-11(3,4)10-8(2)9/h8H,5-7H2,1-4H3. The van der Waals surface area contributed by atoms with E-state index in [2.05, 4.69) is 35.9 Å². The van der Waals surface area contributed by atoms with Crippen molar-refractivity contribution in [1.82, 2.24) is 0 Å². The van der Waals surface area contributed by atoms with Gasteiger partial charge in [-0.2, -0.15) is 0 Å². The molecule has 0 aliphatic heterocycles. The fourth-order valence-corrected chi connectivity index (χ4v) is 4.82. The average molecular weight is 239 g/mol. The molecule has 0 aromatic heterocycles. The highest BCUT2D eigenvalue weighted by atomic mass is 79.9. The van der Waals surface area contributed by atoms with Crippen LogP contribution in [0.5, 0.6) is 0 Å². The van der Waals surface area contributed by atoms with E-state index in [1.54, 1.807) is 0 Å². The molecule has 0 aliphatic rings. The summed E-state index contributed by atoms with van der Waals surface area (Å²) in [6.07, 6.45) is 2.58. The number of rotatable bonds is 5. The van der Waals surface area contributed by atoms with Crippen LogP contribution in [0, 0.1) is 0 Å². The van der Waals surface area contributed by atoms with E-state index < -0.39 is 8.32 Å². The van der Waals surface area contributed by atoms with Crippen LogP contribution in [-0.4, -0.2) is 13.3 Å². The number of unbranched alkanes of at least 4 members (excludes halogenated alkanes) is 1. The van der Waals surface area contributed by atoms with E-state index in [0.717, 1.165) is 0 Å². The van der Waals surface area contributed by atoms with Gasteiger partial charge in [0.1, 0.15) is 0 Å². The molecule has 0 aromatic carbocycles. The molecule has 0 heterocycles. The maximum absolute atomic E-state index is 5.80. The van der Waals surface area contributed by atoms with Crippen molar-refractivity contribution in [3.8, 4) is 0 Å². The smallest absolute Gasteiger partial charge is 0.188 e. The van der Waals surface area contributed by atoms with Crippen molar-refractivity contribution in [2.75, 3.05) is 0 Å². The lowest BCUT2D eigenvalue weighted by atomic mass is 10.4. The molecule has 0 saturated carbocycles. The first-order valence-corrected chi connectivity index (χ1v) is 8.33. The Labute approximate surface area is 79.8 Å². The SMILES string of the molecule is CCCC[Si](C)(C)OC(C)Br. The van der Waals surface area contributed by atoms with Crippen molar-refractivity contribution in [3.05, 3.63) is 0 Å². The molecule has 0 fully saturated rings. The largest absolute Gasteiger partial charge is 0.405 e. The first-order chi connectivity index (χ1) is 4.98. The van der Waals surface area contributed by atoms with Crippen molar-refractivity contribution in [2.24, 2.45) is 0 Å². The number of alkyl halides is 1. The summed E-state index contributed by atoms with van der Waals surface area (Å²) >= 11 is 3.41. The number of hydrogen-bond donors (Lipinski definition) is 0. The molecule has 0 saturated heterocycles. The lowest BCUT2D eigenvalue weighted by Crippen LogP contribution is -2.32. The lowest BCUT2D eigenvalue weighted by molar-refractivity contribution is 0.302. The normalized spacial score (nSPS) is 15.0. The highest BCUT2D eigenvalue weighted by Crippen LogP contribution is 2.18. The van der Waals surface area contributed by atoms with Crippen LogP contribution < -0.4 is 0 Å². The van der Waals surface area contributed by atoms with Crippen LogP contribution in [0.25, 0.3) is 0 Å². The number of hydrogen-bond acceptors (Lipinski definition) is 1. The molecule has 0 radical (unpaired) electrons. The summed E-state index contributed by atoms with van der Waals surface area (Å²) in [6, 6.07) is 1.28. The first-order valence-electron chi connectivity index (χ1n) is 4.30. The van der Waals surface area contributed by atoms with Gasteiger partial charge < -0.3 is 4.43 Å². The van der Waals surface area contributed by atoms with Crippen molar-refractivity contribution < 1.29 is 4.43 Å². The van der Waals surface area contributed by atoms with E-state index in [1.807, 2.05) is 6.92 Å². The van der Waals surface area contributed by atoms with Crippen LogP contribution in [0.4, 0.5) is 0 Å². The van der Waals surface area contributed by atoms with Gasteiger partial charge in [-0.05, 0) is 26.1 Å². The third-order valence-corrected chi connectivity index (χ3v) is 4.70. The zero-order valence-electron chi connectivity index (χ0n) is 7.98. The average Bonchev–Trinajstić information content (AvgIpc) is 1.81. The molecule has 0 aromatic rings. The van der Waals surface area contributed by atoms with Crippen LogP contribution >= 0.6 is 15.9 Å². The monoisotopic (exact) mass is 238 g/mol. The second-order valence-electron chi connectivity index (χ2n) is 3.52. The molecule has 0 spiro atoms. The third kappa shape index (κ3) is 7.03. The van der Waals surface area contributed by atoms with Gasteiger partial charge in [0.15, 0.2) is 8.32 Å². The van der Waals surface area contributed by atoms with Gasteiger partial charge in [0.2, 0.25) is 0 Å². The predicted octanol–water partition coefficient (Wildman–Crippen LogP) is 3.75. The third-order valence-electron chi connectivity index (χ3n) is 1.61. The van der Waals surface area contributed by atoms with Crippen LogP contribution in [0.15, 0.2) is 0 Å². The van der Waals surface area contributed by atoms with Crippen LogP contribution in [0.1, 0.15) is 26.7 Å². The Kier molecular flexibility index (Phi) is 5.65. The van der Waals surface area contributed by atoms with Gasteiger partial charge in [-0.25, -0.2) is 0 Å². The highest BCUT2D eigenvalue weighted by molar-refractivity contribution is 9.09. The Morgan fingerprint density at radius 2 is 2.00 bits per heavy atom. The van der Waals surface area contributed by atoms with E-state index >= 15 is 0 Å². The fourth-order valence-electron chi connectivity index (χ4n) is 1.10. The summed E-state index contributed by atoms with van der Waals surface area (Å²) in [5.41, 5.74) is 0. The fraction of sp³-hybridized carbons (Fsp3) is 1.00. The zero-order chi connectivity index (χ0) is 8.91. The molecule has 0 amide bonds. The Balaban J connectivity index is 3.61. The summed E-state index contributed by atoms with van der Waals surface area (Å²) in [5.74, 6) is 0. The van der Waals surface area contributed by atoms with E-state index in [9.17, 15) is 0 Å².